The van der Waals surface area contributed by atoms with Gasteiger partial charge in [-0.2, -0.15) is 0 Å². The quantitative estimate of drug-likeness (QED) is 0.164. The number of aromatic nitrogens is 1. The van der Waals surface area contributed by atoms with E-state index in [4.69, 9.17) is 0 Å². The van der Waals surface area contributed by atoms with E-state index in [1.807, 2.05) is 11.3 Å². The number of para-hydroxylation sites is 1. The van der Waals surface area contributed by atoms with Crippen molar-refractivity contribution in [1.82, 2.24) is 4.57 Å². The lowest BCUT2D eigenvalue weighted by atomic mass is 9.91. The van der Waals surface area contributed by atoms with Crippen LogP contribution in [0.5, 0.6) is 0 Å². The third-order valence-electron chi connectivity index (χ3n) is 11.9. The number of hydrogen-bond acceptors (Lipinski definition) is 2. The van der Waals surface area contributed by atoms with Crippen LogP contribution in [0.3, 0.4) is 0 Å². The molecule has 59 heavy (non-hydrogen) atoms. The fraction of sp³-hybridized carbons (Fsp3) is 0. The SMILES string of the molecule is c1ccc(-c2cccc3cccc(-c4ccc(N(c5ccc6sc7ccccc7c6c5)c5ccc6c7cc8ccccc8cc7n(-c7ccccc7)c6c5)cc4)c23)cc1. The summed E-state index contributed by atoms with van der Waals surface area (Å²) in [5, 5.41) is 10.0. The molecule has 0 unspecified atom stereocenters. The molecule has 0 bridgehead atoms. The van der Waals surface area contributed by atoms with E-state index < -0.39 is 0 Å². The molecule has 0 atom stereocenters. The van der Waals surface area contributed by atoms with E-state index in [-0.39, 0.29) is 0 Å². The summed E-state index contributed by atoms with van der Waals surface area (Å²) in [6, 6.07) is 80.1. The second-order valence-electron chi connectivity index (χ2n) is 15.3. The Balaban J connectivity index is 1.07. The van der Waals surface area contributed by atoms with Crippen LogP contribution in [0.4, 0.5) is 17.1 Å². The second-order valence-corrected chi connectivity index (χ2v) is 16.4. The molecule has 0 radical (unpaired) electrons. The van der Waals surface area contributed by atoms with E-state index in [1.54, 1.807) is 0 Å². The maximum Gasteiger partial charge on any atom is 0.0561 e. The minimum atomic E-state index is 1.10. The summed E-state index contributed by atoms with van der Waals surface area (Å²) in [6.45, 7) is 0. The number of fused-ring (bicyclic) bond motifs is 8. The number of rotatable bonds is 6. The van der Waals surface area contributed by atoms with Crippen molar-refractivity contribution < 1.29 is 0 Å². The van der Waals surface area contributed by atoms with Crippen molar-refractivity contribution in [2.75, 3.05) is 4.90 Å². The fourth-order valence-corrected chi connectivity index (χ4v) is 10.3. The van der Waals surface area contributed by atoms with Crippen LogP contribution in [0.25, 0.3) is 91.5 Å². The number of nitrogens with zero attached hydrogens (tertiary/aromatic N) is 2. The number of thiophene rings is 1. The smallest absolute Gasteiger partial charge is 0.0561 e. The molecule has 0 saturated heterocycles. The Hall–Kier alpha value is -7.46. The zero-order chi connectivity index (χ0) is 38.9. The van der Waals surface area contributed by atoms with E-state index in [2.05, 4.69) is 228 Å². The minimum absolute atomic E-state index is 1.10. The molecule has 0 N–H and O–H groups in total. The van der Waals surface area contributed by atoms with Crippen molar-refractivity contribution in [2.45, 2.75) is 0 Å². The zero-order valence-electron chi connectivity index (χ0n) is 32.1. The zero-order valence-corrected chi connectivity index (χ0v) is 32.9. The van der Waals surface area contributed by atoms with E-state index in [9.17, 15) is 0 Å². The Kier molecular flexibility index (Phi) is 7.75. The van der Waals surface area contributed by atoms with E-state index in [0.717, 1.165) is 22.7 Å². The molecule has 3 heteroatoms. The van der Waals surface area contributed by atoms with Gasteiger partial charge in [0.15, 0.2) is 0 Å². The second kappa shape index (κ2) is 13.6. The van der Waals surface area contributed by atoms with Crippen LogP contribution in [0.15, 0.2) is 218 Å². The normalized spacial score (nSPS) is 11.7. The molecular formula is C56H36N2S. The van der Waals surface area contributed by atoms with Crippen LogP contribution >= 0.6 is 11.3 Å². The molecule has 0 aliphatic rings. The van der Waals surface area contributed by atoms with Gasteiger partial charge < -0.3 is 9.47 Å². The van der Waals surface area contributed by atoms with Gasteiger partial charge in [0.2, 0.25) is 0 Å². The molecule has 0 aliphatic heterocycles. The largest absolute Gasteiger partial charge is 0.310 e. The van der Waals surface area contributed by atoms with Crippen LogP contribution in [0, 0.1) is 0 Å². The standard InChI is InChI=1S/C56H36N2S/c1-3-13-37(14-4-1)46-22-11-17-39-18-12-23-47(56(39)46)38-25-27-43(28-26-38)57(44-30-32-55-51(35-44)49-21-9-10-24-54(49)59-55)45-29-31-48-50-33-40-15-7-8-16-41(40)34-52(50)58(53(48)36-45)42-19-5-2-6-20-42/h1-36H. The molecule has 0 aliphatic carbocycles. The first-order valence-corrected chi connectivity index (χ1v) is 21.0. The van der Waals surface area contributed by atoms with Crippen LogP contribution in [-0.4, -0.2) is 4.57 Å². The first-order chi connectivity index (χ1) is 29.2. The molecule has 12 aromatic rings. The van der Waals surface area contributed by atoms with E-state index >= 15 is 0 Å². The molecule has 0 amide bonds. The molecule has 0 fully saturated rings. The summed E-state index contributed by atoms with van der Waals surface area (Å²) in [5.74, 6) is 0. The Labute approximate surface area is 346 Å². The summed E-state index contributed by atoms with van der Waals surface area (Å²) in [7, 11) is 0. The highest BCUT2D eigenvalue weighted by Gasteiger charge is 2.20. The van der Waals surface area contributed by atoms with E-state index in [1.165, 1.54) is 85.8 Å². The van der Waals surface area contributed by atoms with Crippen LogP contribution < -0.4 is 4.90 Å². The van der Waals surface area contributed by atoms with Crippen molar-refractivity contribution in [3.8, 4) is 27.9 Å². The van der Waals surface area contributed by atoms with Gasteiger partial charge in [0, 0.05) is 53.7 Å². The predicted molar refractivity (Wildman–Crippen MR) is 254 cm³/mol. The highest BCUT2D eigenvalue weighted by molar-refractivity contribution is 7.25. The summed E-state index contributed by atoms with van der Waals surface area (Å²) in [6.07, 6.45) is 0. The third kappa shape index (κ3) is 5.55. The number of anilines is 3. The molecule has 12 rings (SSSR count). The topological polar surface area (TPSA) is 8.17 Å². The average Bonchev–Trinajstić information content (AvgIpc) is 3.83. The Morgan fingerprint density at radius 3 is 1.69 bits per heavy atom. The summed E-state index contributed by atoms with van der Waals surface area (Å²) >= 11 is 1.86. The predicted octanol–water partition coefficient (Wildman–Crippen LogP) is 16.3. The first-order valence-electron chi connectivity index (χ1n) is 20.2. The monoisotopic (exact) mass is 768 g/mol. The van der Waals surface area contributed by atoms with Gasteiger partial charge in [-0.05, 0) is 117 Å². The van der Waals surface area contributed by atoms with Crippen LogP contribution in [-0.2, 0) is 0 Å². The van der Waals surface area contributed by atoms with Gasteiger partial charge in [-0.15, -0.1) is 11.3 Å². The number of benzene rings is 10. The highest BCUT2D eigenvalue weighted by atomic mass is 32.1. The Morgan fingerprint density at radius 1 is 0.339 bits per heavy atom. The minimum Gasteiger partial charge on any atom is -0.310 e. The van der Waals surface area contributed by atoms with Crippen molar-refractivity contribution in [1.29, 1.82) is 0 Å². The lowest BCUT2D eigenvalue weighted by molar-refractivity contribution is 1.18. The van der Waals surface area contributed by atoms with Gasteiger partial charge in [-0.1, -0.05) is 146 Å². The molecule has 0 saturated carbocycles. The lowest BCUT2D eigenvalue weighted by Crippen LogP contribution is -2.10. The average molecular weight is 769 g/mol. The summed E-state index contributed by atoms with van der Waals surface area (Å²) in [4.78, 5) is 2.43. The molecule has 2 nitrogen and oxygen atoms in total. The molecule has 276 valence electrons. The maximum atomic E-state index is 2.43. The van der Waals surface area contributed by atoms with Crippen molar-refractivity contribution in [2.24, 2.45) is 0 Å². The van der Waals surface area contributed by atoms with E-state index in [0.29, 0.717) is 0 Å². The molecule has 0 spiro atoms. The molecule has 10 aromatic carbocycles. The molecular weight excluding hydrogens is 733 g/mol. The summed E-state index contributed by atoms with van der Waals surface area (Å²) < 4.78 is 5.03. The third-order valence-corrected chi connectivity index (χ3v) is 13.1. The Morgan fingerprint density at radius 2 is 0.915 bits per heavy atom. The molecule has 2 aromatic heterocycles. The Bertz CT molecular complexity index is 3540. The van der Waals surface area contributed by atoms with Crippen molar-refractivity contribution in [3.63, 3.8) is 0 Å². The van der Waals surface area contributed by atoms with Gasteiger partial charge in [0.05, 0.1) is 11.0 Å². The van der Waals surface area contributed by atoms with Crippen molar-refractivity contribution >= 4 is 91.9 Å². The van der Waals surface area contributed by atoms with Gasteiger partial charge in [-0.3, -0.25) is 0 Å². The van der Waals surface area contributed by atoms with Gasteiger partial charge in [0.1, 0.15) is 0 Å². The van der Waals surface area contributed by atoms with Crippen molar-refractivity contribution in [3.05, 3.63) is 218 Å². The highest BCUT2D eigenvalue weighted by Crippen LogP contribution is 2.44. The molecule has 2 heterocycles. The lowest BCUT2D eigenvalue weighted by Gasteiger charge is -2.26. The summed E-state index contributed by atoms with van der Waals surface area (Å²) in [5.41, 5.74) is 11.7. The van der Waals surface area contributed by atoms with Crippen LogP contribution in [0.2, 0.25) is 0 Å². The first kappa shape index (κ1) is 33.7. The van der Waals surface area contributed by atoms with Gasteiger partial charge >= 0.3 is 0 Å². The van der Waals surface area contributed by atoms with Crippen LogP contribution in [0.1, 0.15) is 0 Å². The maximum absolute atomic E-state index is 2.43. The fourth-order valence-electron chi connectivity index (χ4n) is 9.22. The number of hydrogen-bond donors (Lipinski definition) is 0. The van der Waals surface area contributed by atoms with Gasteiger partial charge in [-0.25, -0.2) is 0 Å². The van der Waals surface area contributed by atoms with Gasteiger partial charge in [0.25, 0.3) is 0 Å².